The molecular formula is C14H14Cl2N2O. The summed E-state index contributed by atoms with van der Waals surface area (Å²) in [6.07, 6.45) is 0. The summed E-state index contributed by atoms with van der Waals surface area (Å²) in [5, 5.41) is 1.01. The summed E-state index contributed by atoms with van der Waals surface area (Å²) >= 11 is 11.4. The molecule has 0 aliphatic carbocycles. The summed E-state index contributed by atoms with van der Waals surface area (Å²) in [4.78, 5) is 18.3. The van der Waals surface area contributed by atoms with Gasteiger partial charge in [-0.15, -0.1) is 23.2 Å². The number of para-hydroxylation sites is 1. The van der Waals surface area contributed by atoms with E-state index in [1.807, 2.05) is 30.3 Å². The van der Waals surface area contributed by atoms with Gasteiger partial charge in [0.2, 0.25) is 0 Å². The van der Waals surface area contributed by atoms with Gasteiger partial charge in [0.05, 0.1) is 5.52 Å². The number of rotatable bonds is 5. The molecule has 0 spiro atoms. The van der Waals surface area contributed by atoms with Crippen molar-refractivity contribution < 1.29 is 4.79 Å². The summed E-state index contributed by atoms with van der Waals surface area (Å²) in [6.45, 7) is 0.948. The Morgan fingerprint density at radius 2 is 1.74 bits per heavy atom. The minimum Gasteiger partial charge on any atom is -0.335 e. The van der Waals surface area contributed by atoms with Crippen LogP contribution < -0.4 is 0 Å². The number of halogens is 2. The van der Waals surface area contributed by atoms with Crippen LogP contribution in [-0.2, 0) is 0 Å². The molecule has 2 aromatic rings. The number of pyridine rings is 1. The van der Waals surface area contributed by atoms with E-state index in [4.69, 9.17) is 23.2 Å². The van der Waals surface area contributed by atoms with Gasteiger partial charge in [-0.3, -0.25) is 4.79 Å². The predicted molar refractivity (Wildman–Crippen MR) is 79.1 cm³/mol. The summed E-state index contributed by atoms with van der Waals surface area (Å²) in [5.41, 5.74) is 1.24. The molecule has 0 aliphatic rings. The Morgan fingerprint density at radius 1 is 1.05 bits per heavy atom. The van der Waals surface area contributed by atoms with E-state index in [0.717, 1.165) is 10.9 Å². The van der Waals surface area contributed by atoms with Gasteiger partial charge in [-0.1, -0.05) is 24.3 Å². The molecule has 1 aromatic carbocycles. The Kier molecular flexibility index (Phi) is 5.00. The van der Waals surface area contributed by atoms with Gasteiger partial charge in [0.15, 0.2) is 0 Å². The van der Waals surface area contributed by atoms with Gasteiger partial charge in [-0.05, 0) is 12.1 Å². The van der Waals surface area contributed by atoms with Crippen LogP contribution in [0.2, 0.25) is 0 Å². The number of carbonyl (C=O) groups excluding carboxylic acids is 1. The van der Waals surface area contributed by atoms with Crippen LogP contribution in [0.4, 0.5) is 0 Å². The number of carbonyl (C=O) groups is 1. The molecule has 0 unspecified atom stereocenters. The van der Waals surface area contributed by atoms with Gasteiger partial charge >= 0.3 is 0 Å². The van der Waals surface area contributed by atoms with Gasteiger partial charge in [0, 0.05) is 30.2 Å². The molecule has 1 amide bonds. The van der Waals surface area contributed by atoms with Crippen molar-refractivity contribution in [2.75, 3.05) is 24.8 Å². The minimum absolute atomic E-state index is 0.132. The zero-order valence-electron chi connectivity index (χ0n) is 10.4. The third-order valence-electron chi connectivity index (χ3n) is 2.81. The lowest BCUT2D eigenvalue weighted by Crippen LogP contribution is -2.34. The van der Waals surface area contributed by atoms with Crippen molar-refractivity contribution in [2.45, 2.75) is 0 Å². The largest absolute Gasteiger partial charge is 0.335 e. The first-order valence-corrected chi connectivity index (χ1v) is 7.10. The summed E-state index contributed by atoms with van der Waals surface area (Å²) in [6, 6.07) is 11.3. The molecule has 0 radical (unpaired) electrons. The molecule has 3 nitrogen and oxygen atoms in total. The third-order valence-corrected chi connectivity index (χ3v) is 3.15. The van der Waals surface area contributed by atoms with E-state index >= 15 is 0 Å². The van der Waals surface area contributed by atoms with Crippen molar-refractivity contribution in [3.05, 3.63) is 42.1 Å². The zero-order valence-corrected chi connectivity index (χ0v) is 11.9. The Balaban J connectivity index is 2.29. The van der Waals surface area contributed by atoms with E-state index in [0.29, 0.717) is 30.5 Å². The Labute approximate surface area is 122 Å². The lowest BCUT2D eigenvalue weighted by Gasteiger charge is -2.20. The molecule has 1 aromatic heterocycles. The molecule has 0 saturated carbocycles. The lowest BCUT2D eigenvalue weighted by molar-refractivity contribution is 0.0769. The van der Waals surface area contributed by atoms with Crippen molar-refractivity contribution in [3.63, 3.8) is 0 Å². The zero-order chi connectivity index (χ0) is 13.7. The maximum Gasteiger partial charge on any atom is 0.272 e. The van der Waals surface area contributed by atoms with E-state index in [1.54, 1.807) is 11.0 Å². The van der Waals surface area contributed by atoms with Crippen molar-refractivity contribution >= 4 is 40.0 Å². The number of alkyl halides is 2. The lowest BCUT2D eigenvalue weighted by atomic mass is 10.2. The molecule has 5 heteroatoms. The molecule has 1 heterocycles. The first kappa shape index (κ1) is 14.1. The number of nitrogens with zero attached hydrogens (tertiary/aromatic N) is 2. The molecule has 0 bridgehead atoms. The minimum atomic E-state index is -0.132. The molecule has 0 N–H and O–H groups in total. The quantitative estimate of drug-likeness (QED) is 0.794. The molecule has 0 atom stereocenters. The second-order valence-electron chi connectivity index (χ2n) is 4.06. The molecule has 0 fully saturated rings. The fraction of sp³-hybridized carbons (Fsp3) is 0.286. The van der Waals surface area contributed by atoms with E-state index in [2.05, 4.69) is 4.98 Å². The van der Waals surface area contributed by atoms with Gasteiger partial charge in [-0.2, -0.15) is 0 Å². The maximum absolute atomic E-state index is 12.3. The Hall–Kier alpha value is -1.32. The smallest absolute Gasteiger partial charge is 0.272 e. The number of aromatic nitrogens is 1. The standard InChI is InChI=1S/C14H14Cl2N2O/c15-7-9-18(10-8-16)14(19)13-6-5-11-3-1-2-4-12(11)17-13/h1-6H,7-10H2. The van der Waals surface area contributed by atoms with Crippen molar-refractivity contribution in [1.29, 1.82) is 0 Å². The number of hydrogen-bond acceptors (Lipinski definition) is 2. The Morgan fingerprint density at radius 3 is 2.42 bits per heavy atom. The number of amides is 1. The van der Waals surface area contributed by atoms with E-state index in [1.165, 1.54) is 0 Å². The van der Waals surface area contributed by atoms with Gasteiger partial charge in [0.25, 0.3) is 5.91 Å². The highest BCUT2D eigenvalue weighted by atomic mass is 35.5. The average molecular weight is 297 g/mol. The summed E-state index contributed by atoms with van der Waals surface area (Å²) < 4.78 is 0. The van der Waals surface area contributed by atoms with Crippen LogP contribution >= 0.6 is 23.2 Å². The van der Waals surface area contributed by atoms with Crippen LogP contribution in [0.3, 0.4) is 0 Å². The van der Waals surface area contributed by atoms with Crippen LogP contribution in [0, 0.1) is 0 Å². The third kappa shape index (κ3) is 3.37. The number of fused-ring (bicyclic) bond motifs is 1. The Bertz CT molecular complexity index is 568. The first-order valence-electron chi connectivity index (χ1n) is 6.03. The van der Waals surface area contributed by atoms with Crippen LogP contribution in [0.15, 0.2) is 36.4 Å². The van der Waals surface area contributed by atoms with Crippen molar-refractivity contribution in [1.82, 2.24) is 9.88 Å². The van der Waals surface area contributed by atoms with Crippen LogP contribution in [0.25, 0.3) is 10.9 Å². The fourth-order valence-corrected chi connectivity index (χ4v) is 2.27. The summed E-state index contributed by atoms with van der Waals surface area (Å²) in [5.74, 6) is 0.638. The number of hydrogen-bond donors (Lipinski definition) is 0. The maximum atomic E-state index is 12.3. The monoisotopic (exact) mass is 296 g/mol. The molecule has 2 rings (SSSR count). The van der Waals surface area contributed by atoms with Crippen LogP contribution in [-0.4, -0.2) is 40.6 Å². The SMILES string of the molecule is O=C(c1ccc2ccccc2n1)N(CCCl)CCCl. The predicted octanol–water partition coefficient (Wildman–Crippen LogP) is 3.15. The normalized spacial score (nSPS) is 10.6. The number of benzene rings is 1. The highest BCUT2D eigenvalue weighted by Crippen LogP contribution is 2.13. The summed E-state index contributed by atoms with van der Waals surface area (Å²) in [7, 11) is 0. The fourth-order valence-electron chi connectivity index (χ4n) is 1.87. The van der Waals surface area contributed by atoms with Crippen molar-refractivity contribution in [2.24, 2.45) is 0 Å². The van der Waals surface area contributed by atoms with Gasteiger partial charge in [0.1, 0.15) is 5.69 Å². The van der Waals surface area contributed by atoms with Crippen LogP contribution in [0.1, 0.15) is 10.5 Å². The molecule has 0 saturated heterocycles. The highest BCUT2D eigenvalue weighted by Gasteiger charge is 2.16. The topological polar surface area (TPSA) is 33.2 Å². The highest BCUT2D eigenvalue weighted by molar-refractivity contribution is 6.18. The van der Waals surface area contributed by atoms with Gasteiger partial charge in [-0.25, -0.2) is 4.98 Å². The second-order valence-corrected chi connectivity index (χ2v) is 4.82. The van der Waals surface area contributed by atoms with E-state index in [9.17, 15) is 4.79 Å². The molecule has 0 aliphatic heterocycles. The average Bonchev–Trinajstić information content (AvgIpc) is 2.46. The van der Waals surface area contributed by atoms with Gasteiger partial charge < -0.3 is 4.90 Å². The molecule has 19 heavy (non-hydrogen) atoms. The van der Waals surface area contributed by atoms with E-state index in [-0.39, 0.29) is 5.91 Å². The van der Waals surface area contributed by atoms with E-state index < -0.39 is 0 Å². The molecular weight excluding hydrogens is 283 g/mol. The van der Waals surface area contributed by atoms with Crippen molar-refractivity contribution in [3.8, 4) is 0 Å². The van der Waals surface area contributed by atoms with Crippen LogP contribution in [0.5, 0.6) is 0 Å². The molecule has 100 valence electrons. The first-order chi connectivity index (χ1) is 9.26. The second kappa shape index (κ2) is 6.73.